The molecule has 0 aromatic rings. The average Bonchev–Trinajstić information content (AvgIpc) is 2.77. The van der Waals surface area contributed by atoms with E-state index in [4.69, 9.17) is 10.8 Å². The molecule has 102 valence electrons. The van der Waals surface area contributed by atoms with E-state index in [0.717, 1.165) is 18.6 Å². The molecule has 0 bridgehead atoms. The molecule has 2 unspecified atom stereocenters. The SMILES string of the molecule is NC(=O)CC(NC(=O)NCC1CCCS1)C(=O)O. The van der Waals surface area contributed by atoms with Crippen molar-refractivity contribution in [2.75, 3.05) is 12.3 Å². The summed E-state index contributed by atoms with van der Waals surface area (Å²) in [5.74, 6) is -0.957. The first-order valence-electron chi connectivity index (χ1n) is 5.66. The van der Waals surface area contributed by atoms with Crippen molar-refractivity contribution < 1.29 is 19.5 Å². The van der Waals surface area contributed by atoms with Gasteiger partial charge in [-0.1, -0.05) is 0 Å². The van der Waals surface area contributed by atoms with E-state index in [1.165, 1.54) is 0 Å². The van der Waals surface area contributed by atoms with Gasteiger partial charge in [-0.15, -0.1) is 0 Å². The molecule has 1 aliphatic rings. The molecule has 0 spiro atoms. The molecule has 0 saturated carbocycles. The minimum atomic E-state index is -1.28. The third-order valence-electron chi connectivity index (χ3n) is 2.52. The number of nitrogens with two attached hydrogens (primary N) is 1. The van der Waals surface area contributed by atoms with Gasteiger partial charge in [-0.3, -0.25) is 4.79 Å². The minimum absolute atomic E-state index is 0.384. The Hall–Kier alpha value is -1.44. The number of carbonyl (C=O) groups excluding carboxylic acids is 2. The smallest absolute Gasteiger partial charge is 0.326 e. The molecule has 1 fully saturated rings. The van der Waals surface area contributed by atoms with Crippen LogP contribution in [0.3, 0.4) is 0 Å². The number of aliphatic carboxylic acids is 1. The predicted octanol–water partition coefficient (Wildman–Crippen LogP) is -0.490. The summed E-state index contributed by atoms with van der Waals surface area (Å²) >= 11 is 1.79. The Labute approximate surface area is 109 Å². The molecule has 2 atom stereocenters. The summed E-state index contributed by atoms with van der Waals surface area (Å²) in [6.45, 7) is 0.499. The molecule has 0 aliphatic carbocycles. The van der Waals surface area contributed by atoms with Crippen molar-refractivity contribution in [3.63, 3.8) is 0 Å². The number of rotatable bonds is 6. The van der Waals surface area contributed by atoms with Gasteiger partial charge in [0.15, 0.2) is 0 Å². The first-order valence-corrected chi connectivity index (χ1v) is 6.71. The average molecular weight is 275 g/mol. The van der Waals surface area contributed by atoms with Crippen LogP contribution < -0.4 is 16.4 Å². The molecule has 1 rings (SSSR count). The first kappa shape index (κ1) is 14.6. The third kappa shape index (κ3) is 5.26. The van der Waals surface area contributed by atoms with Crippen molar-refractivity contribution in [1.29, 1.82) is 0 Å². The topological polar surface area (TPSA) is 122 Å². The summed E-state index contributed by atoms with van der Waals surface area (Å²) in [4.78, 5) is 32.9. The molecule has 1 aliphatic heterocycles. The number of urea groups is 1. The van der Waals surface area contributed by atoms with Gasteiger partial charge >= 0.3 is 12.0 Å². The Morgan fingerprint density at radius 1 is 1.44 bits per heavy atom. The standard InChI is InChI=1S/C10H17N3O4S/c11-8(14)4-7(9(15)16)13-10(17)12-5-6-2-1-3-18-6/h6-7H,1-5H2,(H2,11,14)(H,15,16)(H2,12,13,17). The normalized spacial score (nSPS) is 20.1. The van der Waals surface area contributed by atoms with Crippen molar-refractivity contribution in [2.45, 2.75) is 30.6 Å². The summed E-state index contributed by atoms with van der Waals surface area (Å²) in [6, 6.07) is -1.87. The zero-order valence-electron chi connectivity index (χ0n) is 9.85. The molecular weight excluding hydrogens is 258 g/mol. The predicted molar refractivity (Wildman–Crippen MR) is 67.2 cm³/mol. The third-order valence-corrected chi connectivity index (χ3v) is 3.92. The summed E-state index contributed by atoms with van der Waals surface area (Å²) in [5.41, 5.74) is 4.90. The second kappa shape index (κ2) is 7.10. The maximum Gasteiger partial charge on any atom is 0.326 e. The van der Waals surface area contributed by atoms with Crippen LogP contribution in [0.25, 0.3) is 0 Å². The monoisotopic (exact) mass is 275 g/mol. The van der Waals surface area contributed by atoms with Crippen molar-refractivity contribution in [3.8, 4) is 0 Å². The molecule has 0 aromatic heterocycles. The Balaban J connectivity index is 2.31. The molecule has 0 radical (unpaired) electrons. The van der Waals surface area contributed by atoms with Crippen LogP contribution in [0.1, 0.15) is 19.3 Å². The van der Waals surface area contributed by atoms with E-state index >= 15 is 0 Å². The van der Waals surface area contributed by atoms with Crippen LogP contribution in [0, 0.1) is 0 Å². The number of thioether (sulfide) groups is 1. The van der Waals surface area contributed by atoms with Gasteiger partial charge in [0.25, 0.3) is 0 Å². The van der Waals surface area contributed by atoms with Crippen LogP contribution in [0.4, 0.5) is 4.79 Å². The maximum atomic E-state index is 11.4. The summed E-state index contributed by atoms with van der Waals surface area (Å²) in [7, 11) is 0. The van der Waals surface area contributed by atoms with Gasteiger partial charge in [0.2, 0.25) is 5.91 Å². The molecular formula is C10H17N3O4S. The zero-order valence-corrected chi connectivity index (χ0v) is 10.7. The highest BCUT2D eigenvalue weighted by molar-refractivity contribution is 8.00. The molecule has 18 heavy (non-hydrogen) atoms. The van der Waals surface area contributed by atoms with Crippen LogP contribution in [-0.2, 0) is 9.59 Å². The number of nitrogens with one attached hydrogen (secondary N) is 2. The van der Waals surface area contributed by atoms with Crippen molar-refractivity contribution >= 4 is 29.7 Å². The van der Waals surface area contributed by atoms with E-state index in [0.29, 0.717) is 11.8 Å². The molecule has 0 aromatic carbocycles. The lowest BCUT2D eigenvalue weighted by molar-refractivity contribution is -0.140. The van der Waals surface area contributed by atoms with Gasteiger partial charge in [-0.05, 0) is 18.6 Å². The number of hydrogen-bond acceptors (Lipinski definition) is 4. The van der Waals surface area contributed by atoms with Crippen LogP contribution in [0.5, 0.6) is 0 Å². The van der Waals surface area contributed by atoms with Gasteiger partial charge in [0, 0.05) is 11.8 Å². The molecule has 8 heteroatoms. The largest absolute Gasteiger partial charge is 0.480 e. The Morgan fingerprint density at radius 3 is 2.67 bits per heavy atom. The van der Waals surface area contributed by atoms with Gasteiger partial charge in [0.05, 0.1) is 6.42 Å². The number of hydrogen-bond donors (Lipinski definition) is 4. The fourth-order valence-electron chi connectivity index (χ4n) is 1.62. The molecule has 1 heterocycles. The van der Waals surface area contributed by atoms with E-state index in [1.807, 2.05) is 0 Å². The van der Waals surface area contributed by atoms with Crippen LogP contribution >= 0.6 is 11.8 Å². The quantitative estimate of drug-likeness (QED) is 0.521. The fraction of sp³-hybridized carbons (Fsp3) is 0.700. The Morgan fingerprint density at radius 2 is 2.17 bits per heavy atom. The van der Waals surface area contributed by atoms with Crippen LogP contribution in [0.15, 0.2) is 0 Å². The lowest BCUT2D eigenvalue weighted by atomic mass is 10.2. The highest BCUT2D eigenvalue weighted by atomic mass is 32.2. The highest BCUT2D eigenvalue weighted by Gasteiger charge is 2.23. The lowest BCUT2D eigenvalue weighted by Gasteiger charge is -2.15. The van der Waals surface area contributed by atoms with E-state index in [-0.39, 0.29) is 0 Å². The van der Waals surface area contributed by atoms with E-state index < -0.39 is 30.4 Å². The van der Waals surface area contributed by atoms with E-state index in [2.05, 4.69) is 10.6 Å². The Bertz CT molecular complexity index is 331. The molecule has 5 N–H and O–H groups in total. The zero-order chi connectivity index (χ0) is 13.5. The first-order chi connectivity index (χ1) is 8.49. The summed E-state index contributed by atoms with van der Waals surface area (Å²) in [6.07, 6.45) is 1.77. The van der Waals surface area contributed by atoms with Crippen molar-refractivity contribution in [1.82, 2.24) is 10.6 Å². The molecule has 1 saturated heterocycles. The van der Waals surface area contributed by atoms with E-state index in [1.54, 1.807) is 11.8 Å². The number of carboxylic acid groups (broad SMARTS) is 1. The minimum Gasteiger partial charge on any atom is -0.480 e. The second-order valence-corrected chi connectivity index (χ2v) is 5.46. The van der Waals surface area contributed by atoms with Crippen LogP contribution in [-0.4, -0.2) is 46.6 Å². The highest BCUT2D eigenvalue weighted by Crippen LogP contribution is 2.25. The maximum absolute atomic E-state index is 11.4. The van der Waals surface area contributed by atoms with Crippen LogP contribution in [0.2, 0.25) is 0 Å². The summed E-state index contributed by atoms with van der Waals surface area (Å²) < 4.78 is 0. The lowest BCUT2D eigenvalue weighted by Crippen LogP contribution is -2.48. The fourth-order valence-corrected chi connectivity index (χ4v) is 2.82. The van der Waals surface area contributed by atoms with Crippen molar-refractivity contribution in [2.24, 2.45) is 5.73 Å². The number of carbonyl (C=O) groups is 3. The van der Waals surface area contributed by atoms with Gasteiger partial charge in [0.1, 0.15) is 6.04 Å². The molecule has 3 amide bonds. The van der Waals surface area contributed by atoms with Crippen molar-refractivity contribution in [3.05, 3.63) is 0 Å². The van der Waals surface area contributed by atoms with E-state index in [9.17, 15) is 14.4 Å². The Kier molecular flexibility index (Phi) is 5.76. The second-order valence-electron chi connectivity index (χ2n) is 4.05. The number of amides is 3. The number of carboxylic acids is 1. The van der Waals surface area contributed by atoms with Gasteiger partial charge in [-0.25, -0.2) is 9.59 Å². The number of primary amides is 1. The van der Waals surface area contributed by atoms with Gasteiger partial charge in [-0.2, -0.15) is 11.8 Å². The molecule has 7 nitrogen and oxygen atoms in total. The van der Waals surface area contributed by atoms with Gasteiger partial charge < -0.3 is 21.5 Å². The summed E-state index contributed by atoms with van der Waals surface area (Å²) in [5, 5.41) is 14.0.